The Bertz CT molecular complexity index is 741. The first-order valence-electron chi connectivity index (χ1n) is 8.68. The van der Waals surface area contributed by atoms with Crippen molar-refractivity contribution in [2.45, 2.75) is 46.6 Å². The fourth-order valence-electron chi connectivity index (χ4n) is 2.42. The predicted molar refractivity (Wildman–Crippen MR) is 106 cm³/mol. The minimum atomic E-state index is 0.343. The second kappa shape index (κ2) is 8.97. The number of allylic oxidation sites excluding steroid dienone is 2. The lowest BCUT2D eigenvalue weighted by Crippen LogP contribution is -2.11. The van der Waals surface area contributed by atoms with Crippen LogP contribution < -0.4 is 11.1 Å². The van der Waals surface area contributed by atoms with Crippen LogP contribution in [0, 0.1) is 0 Å². The molecule has 5 heteroatoms. The Morgan fingerprint density at radius 3 is 2.68 bits per heavy atom. The van der Waals surface area contributed by atoms with Gasteiger partial charge in [0, 0.05) is 47.2 Å². The molecular formula is C20H27N5. The lowest BCUT2D eigenvalue weighted by molar-refractivity contribution is 0.883. The van der Waals surface area contributed by atoms with E-state index < -0.39 is 0 Å². The van der Waals surface area contributed by atoms with E-state index in [1.807, 2.05) is 37.4 Å². The summed E-state index contributed by atoms with van der Waals surface area (Å²) in [6.07, 6.45) is 7.43. The van der Waals surface area contributed by atoms with Gasteiger partial charge in [-0.3, -0.25) is 9.98 Å². The first kappa shape index (κ1) is 18.6. The third-order valence-electron chi connectivity index (χ3n) is 3.58. The molecule has 0 aliphatic carbocycles. The summed E-state index contributed by atoms with van der Waals surface area (Å²) in [5, 5.41) is 3.28. The topological polar surface area (TPSA) is 76.2 Å². The maximum atomic E-state index is 6.06. The summed E-state index contributed by atoms with van der Waals surface area (Å²) in [6.45, 7) is 8.18. The Hall–Kier alpha value is -2.69. The molecule has 2 heterocycles. The molecule has 0 aromatic carbocycles. The lowest BCUT2D eigenvalue weighted by atomic mass is 10.1. The Kier molecular flexibility index (Phi) is 6.69. The Balaban J connectivity index is 2.22. The van der Waals surface area contributed by atoms with Crippen LogP contribution in [0.3, 0.4) is 0 Å². The van der Waals surface area contributed by atoms with Crippen molar-refractivity contribution in [1.29, 1.82) is 0 Å². The van der Waals surface area contributed by atoms with E-state index in [0.29, 0.717) is 11.7 Å². The van der Waals surface area contributed by atoms with E-state index in [4.69, 9.17) is 5.73 Å². The van der Waals surface area contributed by atoms with Crippen LogP contribution in [-0.4, -0.2) is 22.2 Å². The Morgan fingerprint density at radius 2 is 2.08 bits per heavy atom. The fraction of sp³-hybridized carbons (Fsp3) is 0.350. The van der Waals surface area contributed by atoms with Crippen molar-refractivity contribution in [3.63, 3.8) is 0 Å². The number of pyridine rings is 2. The SMILES string of the molecule is CCCc1cc(N=CC(=C(C)N)c2ccc(NC(C)C)nc2)ccn1. The zero-order chi connectivity index (χ0) is 18.2. The number of nitrogens with two attached hydrogens (primary N) is 1. The Labute approximate surface area is 150 Å². The quantitative estimate of drug-likeness (QED) is 0.737. The zero-order valence-corrected chi connectivity index (χ0v) is 15.5. The van der Waals surface area contributed by atoms with Gasteiger partial charge in [-0.05, 0) is 51.5 Å². The zero-order valence-electron chi connectivity index (χ0n) is 15.5. The van der Waals surface area contributed by atoms with Gasteiger partial charge in [-0.1, -0.05) is 13.3 Å². The van der Waals surface area contributed by atoms with Gasteiger partial charge in [0.15, 0.2) is 0 Å². The maximum absolute atomic E-state index is 6.06. The molecule has 0 spiro atoms. The van der Waals surface area contributed by atoms with Gasteiger partial charge in [0.1, 0.15) is 5.82 Å². The van der Waals surface area contributed by atoms with Crippen LogP contribution in [0.25, 0.3) is 5.57 Å². The van der Waals surface area contributed by atoms with E-state index in [-0.39, 0.29) is 0 Å². The molecule has 0 saturated heterocycles. The molecule has 5 nitrogen and oxygen atoms in total. The van der Waals surface area contributed by atoms with E-state index in [1.54, 1.807) is 12.4 Å². The van der Waals surface area contributed by atoms with Crippen LogP contribution >= 0.6 is 0 Å². The van der Waals surface area contributed by atoms with Gasteiger partial charge in [0.2, 0.25) is 0 Å². The van der Waals surface area contributed by atoms with E-state index in [1.165, 1.54) is 0 Å². The molecule has 0 bridgehead atoms. The van der Waals surface area contributed by atoms with Gasteiger partial charge in [-0.15, -0.1) is 0 Å². The number of nitrogens with one attached hydrogen (secondary N) is 1. The number of hydrogen-bond acceptors (Lipinski definition) is 5. The molecule has 2 aromatic heterocycles. The van der Waals surface area contributed by atoms with E-state index in [9.17, 15) is 0 Å². The highest BCUT2D eigenvalue weighted by Gasteiger charge is 2.04. The van der Waals surface area contributed by atoms with Crippen LogP contribution in [0.5, 0.6) is 0 Å². The first-order chi connectivity index (χ1) is 12.0. The second-order valence-corrected chi connectivity index (χ2v) is 6.34. The fourth-order valence-corrected chi connectivity index (χ4v) is 2.42. The molecule has 0 radical (unpaired) electrons. The van der Waals surface area contributed by atoms with Gasteiger partial charge in [-0.25, -0.2) is 4.98 Å². The molecule has 0 atom stereocenters. The van der Waals surface area contributed by atoms with Gasteiger partial charge >= 0.3 is 0 Å². The van der Waals surface area contributed by atoms with Crippen molar-refractivity contribution >= 4 is 23.3 Å². The number of aromatic nitrogens is 2. The number of aryl methyl sites for hydroxylation is 1. The minimum absolute atomic E-state index is 0.343. The smallest absolute Gasteiger partial charge is 0.126 e. The normalized spacial score (nSPS) is 12.5. The first-order valence-corrected chi connectivity index (χ1v) is 8.68. The van der Waals surface area contributed by atoms with Crippen LogP contribution in [0.1, 0.15) is 45.4 Å². The molecule has 0 unspecified atom stereocenters. The number of anilines is 1. The molecule has 132 valence electrons. The summed E-state index contributed by atoms with van der Waals surface area (Å²) in [5.41, 5.74) is 10.5. The number of nitrogens with zero attached hydrogens (tertiary/aromatic N) is 3. The highest BCUT2D eigenvalue weighted by molar-refractivity contribution is 6.11. The summed E-state index contributed by atoms with van der Waals surface area (Å²) in [7, 11) is 0. The van der Waals surface area contributed by atoms with Crippen molar-refractivity contribution in [2.24, 2.45) is 10.7 Å². The molecule has 0 amide bonds. The largest absolute Gasteiger partial charge is 0.402 e. The molecule has 0 aliphatic heterocycles. The molecule has 0 fully saturated rings. The van der Waals surface area contributed by atoms with Crippen LogP contribution in [-0.2, 0) is 6.42 Å². The van der Waals surface area contributed by atoms with E-state index >= 15 is 0 Å². The average molecular weight is 337 g/mol. The van der Waals surface area contributed by atoms with Crippen molar-refractivity contribution in [2.75, 3.05) is 5.32 Å². The highest BCUT2D eigenvalue weighted by Crippen LogP contribution is 2.19. The van der Waals surface area contributed by atoms with Crippen LogP contribution in [0.15, 0.2) is 47.3 Å². The second-order valence-electron chi connectivity index (χ2n) is 6.34. The van der Waals surface area contributed by atoms with Gasteiger partial charge in [0.05, 0.1) is 5.69 Å². The third-order valence-corrected chi connectivity index (χ3v) is 3.58. The monoisotopic (exact) mass is 337 g/mol. The number of rotatable bonds is 7. The van der Waals surface area contributed by atoms with Crippen LogP contribution in [0.2, 0.25) is 0 Å². The molecule has 0 saturated carbocycles. The molecular weight excluding hydrogens is 310 g/mol. The molecule has 3 N–H and O–H groups in total. The maximum Gasteiger partial charge on any atom is 0.126 e. The van der Waals surface area contributed by atoms with Gasteiger partial charge in [0.25, 0.3) is 0 Å². The summed E-state index contributed by atoms with van der Waals surface area (Å²) in [4.78, 5) is 13.4. The number of hydrogen-bond donors (Lipinski definition) is 2. The number of aliphatic imine (C=N–C) groups is 1. The van der Waals surface area contributed by atoms with E-state index in [0.717, 1.165) is 41.2 Å². The third kappa shape index (κ3) is 5.71. The average Bonchev–Trinajstić information content (AvgIpc) is 2.56. The summed E-state index contributed by atoms with van der Waals surface area (Å²) < 4.78 is 0. The summed E-state index contributed by atoms with van der Waals surface area (Å²) in [6, 6.07) is 8.21. The van der Waals surface area contributed by atoms with Crippen molar-refractivity contribution in [1.82, 2.24) is 9.97 Å². The van der Waals surface area contributed by atoms with Crippen molar-refractivity contribution < 1.29 is 0 Å². The van der Waals surface area contributed by atoms with Crippen molar-refractivity contribution in [3.8, 4) is 0 Å². The molecule has 25 heavy (non-hydrogen) atoms. The van der Waals surface area contributed by atoms with Gasteiger partial charge in [-0.2, -0.15) is 0 Å². The van der Waals surface area contributed by atoms with Gasteiger partial charge < -0.3 is 11.1 Å². The highest BCUT2D eigenvalue weighted by atomic mass is 15.0. The predicted octanol–water partition coefficient (Wildman–Crippen LogP) is 4.34. The minimum Gasteiger partial charge on any atom is -0.402 e. The molecule has 0 aliphatic rings. The lowest BCUT2D eigenvalue weighted by Gasteiger charge is -2.10. The van der Waals surface area contributed by atoms with Crippen molar-refractivity contribution in [3.05, 3.63) is 53.6 Å². The molecule has 2 rings (SSSR count). The summed E-state index contributed by atoms with van der Waals surface area (Å²) >= 11 is 0. The summed E-state index contributed by atoms with van der Waals surface area (Å²) in [5.74, 6) is 0.850. The molecule has 2 aromatic rings. The standard InChI is InChI=1S/C20H27N5/c1-5-6-17-11-18(9-10-22-17)23-13-19(15(4)21)16-7-8-20(24-12-16)25-14(2)3/h7-14H,5-6,21H2,1-4H3,(H,24,25). The van der Waals surface area contributed by atoms with Crippen LogP contribution in [0.4, 0.5) is 11.5 Å². The Morgan fingerprint density at radius 1 is 1.28 bits per heavy atom. The van der Waals surface area contributed by atoms with E-state index in [2.05, 4.69) is 41.0 Å².